The third kappa shape index (κ3) is 3.91. The van der Waals surface area contributed by atoms with Gasteiger partial charge in [0.05, 0.1) is 23.8 Å². The fourth-order valence-corrected chi connectivity index (χ4v) is 5.21. The van der Waals surface area contributed by atoms with Crippen LogP contribution in [0.4, 0.5) is 5.13 Å². The number of ether oxygens (including phenoxy) is 1. The number of nitrogens with one attached hydrogen (secondary N) is 1. The summed E-state index contributed by atoms with van der Waals surface area (Å²) >= 11 is 1.37. The summed E-state index contributed by atoms with van der Waals surface area (Å²) < 4.78 is 32.0. The van der Waals surface area contributed by atoms with Gasteiger partial charge in [0.2, 0.25) is 15.9 Å². The standard InChI is InChI=1S/C18H21N3O4S2/c22-17(14-2-1-3-14)20-18-19-16(12-26-18)13-4-6-15(7-5-13)27(23,24)21-8-10-25-11-9-21/h4-7,12,14H,1-3,8-11H2,(H,19,20,22). The van der Waals surface area contributed by atoms with Crippen LogP contribution in [0, 0.1) is 5.92 Å². The first-order valence-electron chi connectivity index (χ1n) is 8.99. The molecule has 0 bridgehead atoms. The van der Waals surface area contributed by atoms with Crippen LogP contribution < -0.4 is 5.32 Å². The summed E-state index contributed by atoms with van der Waals surface area (Å²) in [5.41, 5.74) is 1.54. The molecule has 1 aromatic carbocycles. The number of rotatable bonds is 5. The van der Waals surface area contributed by atoms with E-state index in [1.54, 1.807) is 24.3 Å². The summed E-state index contributed by atoms with van der Waals surface area (Å²) in [6.07, 6.45) is 3.01. The molecule has 1 aliphatic carbocycles. The molecule has 2 aromatic rings. The van der Waals surface area contributed by atoms with E-state index < -0.39 is 10.0 Å². The van der Waals surface area contributed by atoms with E-state index in [4.69, 9.17) is 4.74 Å². The largest absolute Gasteiger partial charge is 0.379 e. The van der Waals surface area contributed by atoms with Crippen molar-refractivity contribution in [1.82, 2.24) is 9.29 Å². The first-order valence-corrected chi connectivity index (χ1v) is 11.3. The molecular formula is C18H21N3O4S2. The van der Waals surface area contributed by atoms with E-state index in [1.165, 1.54) is 15.6 Å². The molecule has 1 saturated heterocycles. The molecule has 144 valence electrons. The van der Waals surface area contributed by atoms with E-state index in [-0.39, 0.29) is 16.7 Å². The van der Waals surface area contributed by atoms with Gasteiger partial charge < -0.3 is 10.1 Å². The SMILES string of the molecule is O=C(Nc1nc(-c2ccc(S(=O)(=O)N3CCOCC3)cc2)cs1)C1CCC1. The molecule has 1 aliphatic heterocycles. The van der Waals surface area contributed by atoms with E-state index >= 15 is 0 Å². The van der Waals surface area contributed by atoms with E-state index in [1.807, 2.05) is 5.38 Å². The second-order valence-corrected chi connectivity index (χ2v) is 9.49. The number of benzene rings is 1. The first kappa shape index (κ1) is 18.5. The number of hydrogen-bond donors (Lipinski definition) is 1. The number of amides is 1. The van der Waals surface area contributed by atoms with Gasteiger partial charge >= 0.3 is 0 Å². The maximum atomic E-state index is 12.7. The highest BCUT2D eigenvalue weighted by atomic mass is 32.2. The number of thiazole rings is 1. The Hall–Kier alpha value is -1.81. The number of carbonyl (C=O) groups excluding carboxylic acids is 1. The zero-order valence-corrected chi connectivity index (χ0v) is 16.4. The van der Waals surface area contributed by atoms with Crippen molar-refractivity contribution in [1.29, 1.82) is 0 Å². The minimum Gasteiger partial charge on any atom is -0.379 e. The minimum atomic E-state index is -3.50. The predicted molar refractivity (Wildman–Crippen MR) is 103 cm³/mol. The van der Waals surface area contributed by atoms with Crippen molar-refractivity contribution in [2.75, 3.05) is 31.6 Å². The maximum Gasteiger partial charge on any atom is 0.243 e. The summed E-state index contributed by atoms with van der Waals surface area (Å²) in [6, 6.07) is 6.71. The number of anilines is 1. The molecule has 0 unspecified atom stereocenters. The smallest absolute Gasteiger partial charge is 0.243 e. The highest BCUT2D eigenvalue weighted by Gasteiger charge is 2.27. The molecule has 2 fully saturated rings. The normalized spacial score (nSPS) is 18.8. The van der Waals surface area contributed by atoms with Gasteiger partial charge in [-0.05, 0) is 25.0 Å². The van der Waals surface area contributed by atoms with Crippen molar-refractivity contribution in [2.45, 2.75) is 24.2 Å². The van der Waals surface area contributed by atoms with Crippen LogP contribution in [0.15, 0.2) is 34.5 Å². The van der Waals surface area contributed by atoms with Crippen LogP contribution in [0.1, 0.15) is 19.3 Å². The molecule has 0 radical (unpaired) electrons. The number of nitrogens with zero attached hydrogens (tertiary/aromatic N) is 2. The topological polar surface area (TPSA) is 88.6 Å². The lowest BCUT2D eigenvalue weighted by molar-refractivity contribution is -0.122. The molecule has 4 rings (SSSR count). The van der Waals surface area contributed by atoms with Gasteiger partial charge in [0, 0.05) is 30.0 Å². The van der Waals surface area contributed by atoms with Crippen LogP contribution in [-0.2, 0) is 19.6 Å². The van der Waals surface area contributed by atoms with Crippen molar-refractivity contribution in [3.8, 4) is 11.3 Å². The highest BCUT2D eigenvalue weighted by molar-refractivity contribution is 7.89. The van der Waals surface area contributed by atoms with Crippen LogP contribution >= 0.6 is 11.3 Å². The van der Waals surface area contributed by atoms with Crippen molar-refractivity contribution in [2.24, 2.45) is 5.92 Å². The Balaban J connectivity index is 1.46. The second kappa shape index (κ2) is 7.67. The number of aromatic nitrogens is 1. The van der Waals surface area contributed by atoms with Crippen molar-refractivity contribution in [3.05, 3.63) is 29.6 Å². The summed E-state index contributed by atoms with van der Waals surface area (Å²) in [4.78, 5) is 16.7. The summed E-state index contributed by atoms with van der Waals surface area (Å²) in [5, 5.41) is 5.31. The lowest BCUT2D eigenvalue weighted by Gasteiger charge is -2.26. The quantitative estimate of drug-likeness (QED) is 0.823. The molecule has 7 nitrogen and oxygen atoms in total. The molecule has 1 N–H and O–H groups in total. The fourth-order valence-electron chi connectivity index (χ4n) is 3.08. The molecule has 0 spiro atoms. The molecule has 1 aromatic heterocycles. The van der Waals surface area contributed by atoms with E-state index in [2.05, 4.69) is 10.3 Å². The van der Waals surface area contributed by atoms with Crippen LogP contribution in [-0.4, -0.2) is 49.9 Å². The van der Waals surface area contributed by atoms with Gasteiger partial charge in [0.1, 0.15) is 0 Å². The lowest BCUT2D eigenvalue weighted by atomic mass is 9.85. The highest BCUT2D eigenvalue weighted by Crippen LogP contribution is 2.30. The lowest BCUT2D eigenvalue weighted by Crippen LogP contribution is -2.40. The first-order chi connectivity index (χ1) is 13.0. The third-order valence-electron chi connectivity index (χ3n) is 4.97. The van der Waals surface area contributed by atoms with Gasteiger partial charge in [-0.2, -0.15) is 4.31 Å². The molecule has 0 atom stereocenters. The van der Waals surface area contributed by atoms with Gasteiger partial charge in [-0.3, -0.25) is 4.79 Å². The van der Waals surface area contributed by atoms with Gasteiger partial charge in [0.25, 0.3) is 0 Å². The summed E-state index contributed by atoms with van der Waals surface area (Å²) in [7, 11) is -3.50. The molecule has 2 aliphatic rings. The Morgan fingerprint density at radius 1 is 1.19 bits per heavy atom. The Labute approximate surface area is 162 Å². The van der Waals surface area contributed by atoms with Crippen LogP contribution in [0.3, 0.4) is 0 Å². The average molecular weight is 408 g/mol. The van der Waals surface area contributed by atoms with E-state index in [0.717, 1.165) is 30.5 Å². The fraction of sp³-hybridized carbons (Fsp3) is 0.444. The Morgan fingerprint density at radius 2 is 1.89 bits per heavy atom. The molecule has 1 amide bonds. The van der Waals surface area contributed by atoms with Crippen LogP contribution in [0.2, 0.25) is 0 Å². The van der Waals surface area contributed by atoms with Crippen molar-refractivity contribution < 1.29 is 17.9 Å². The van der Waals surface area contributed by atoms with Gasteiger partial charge in [-0.25, -0.2) is 13.4 Å². The number of hydrogen-bond acceptors (Lipinski definition) is 6. The van der Waals surface area contributed by atoms with Gasteiger partial charge in [-0.1, -0.05) is 18.6 Å². The average Bonchev–Trinajstić information content (AvgIpc) is 3.09. The zero-order chi connectivity index (χ0) is 18.9. The minimum absolute atomic E-state index is 0.0362. The number of carbonyl (C=O) groups is 1. The second-order valence-electron chi connectivity index (χ2n) is 6.70. The van der Waals surface area contributed by atoms with Crippen LogP contribution in [0.5, 0.6) is 0 Å². The molecule has 9 heteroatoms. The number of morpholine rings is 1. The Bertz CT molecular complexity index is 914. The Kier molecular flexibility index (Phi) is 5.27. The molecule has 2 heterocycles. The van der Waals surface area contributed by atoms with Crippen molar-refractivity contribution >= 4 is 32.4 Å². The zero-order valence-electron chi connectivity index (χ0n) is 14.8. The van der Waals surface area contributed by atoms with Crippen molar-refractivity contribution in [3.63, 3.8) is 0 Å². The van der Waals surface area contributed by atoms with Crippen LogP contribution in [0.25, 0.3) is 11.3 Å². The monoisotopic (exact) mass is 407 g/mol. The summed E-state index contributed by atoms with van der Waals surface area (Å²) in [5.74, 6) is 0.149. The predicted octanol–water partition coefficient (Wildman–Crippen LogP) is 2.57. The third-order valence-corrected chi connectivity index (χ3v) is 7.64. The molecule has 1 saturated carbocycles. The number of sulfonamides is 1. The van der Waals surface area contributed by atoms with Gasteiger partial charge in [0.15, 0.2) is 5.13 Å². The molecule has 27 heavy (non-hydrogen) atoms. The summed E-state index contributed by atoms with van der Waals surface area (Å²) in [6.45, 7) is 1.59. The molecular weight excluding hydrogens is 386 g/mol. The van der Waals surface area contributed by atoms with E-state index in [9.17, 15) is 13.2 Å². The Morgan fingerprint density at radius 3 is 2.52 bits per heavy atom. The van der Waals surface area contributed by atoms with Gasteiger partial charge in [-0.15, -0.1) is 11.3 Å². The van der Waals surface area contributed by atoms with E-state index in [0.29, 0.717) is 31.4 Å². The maximum absolute atomic E-state index is 12.7.